The van der Waals surface area contributed by atoms with E-state index in [2.05, 4.69) is 17.9 Å². The number of phenolic OH excluding ortho intramolecular Hbond substituents is 1. The Balaban J connectivity index is -0.000000336. The fourth-order valence-electron chi connectivity index (χ4n) is 0.920. The highest BCUT2D eigenvalue weighted by Gasteiger charge is 2.10. The lowest BCUT2D eigenvalue weighted by Gasteiger charge is -2.03. The zero-order valence-corrected chi connectivity index (χ0v) is 14.8. The fraction of sp³-hybridized carbons (Fsp3) is 0.389. The molecule has 0 aliphatic heterocycles. The second-order valence-electron chi connectivity index (χ2n) is 4.21. The standard InChI is InChI=1S/C9H10O4.C3H8O3.2C3H6/c10-5-6-13-9(12)7-3-1-2-4-8(7)11;4-1-3(6)2-5;2*1-3-2/h1-4,10-11H,5-6H2;3-6H,1-2H2;2*3H,1H2,2H3. The van der Waals surface area contributed by atoms with Gasteiger partial charge in [0, 0.05) is 0 Å². The summed E-state index contributed by atoms with van der Waals surface area (Å²) in [6.07, 6.45) is 2.55. The highest BCUT2D eigenvalue weighted by Crippen LogP contribution is 2.16. The molecule has 0 amide bonds. The van der Waals surface area contributed by atoms with Crippen LogP contribution in [-0.2, 0) is 4.74 Å². The number of ether oxygens (including phenoxy) is 1. The molecule has 7 nitrogen and oxygen atoms in total. The first kappa shape index (κ1) is 27.6. The average molecular weight is 358 g/mol. The third-order valence-corrected chi connectivity index (χ3v) is 1.87. The van der Waals surface area contributed by atoms with Crippen molar-refractivity contribution in [3.63, 3.8) is 0 Å². The SMILES string of the molecule is C=CC.C=CC.O=C(OCCO)c1ccccc1O.OCC(O)CO. The Morgan fingerprint density at radius 3 is 1.88 bits per heavy atom. The lowest BCUT2D eigenvalue weighted by molar-refractivity contribution is 0.0430. The minimum Gasteiger partial charge on any atom is -0.507 e. The number of esters is 1. The average Bonchev–Trinajstić information content (AvgIpc) is 2.61. The summed E-state index contributed by atoms with van der Waals surface area (Å²) in [4.78, 5) is 11.1. The van der Waals surface area contributed by atoms with E-state index in [1.807, 2.05) is 13.8 Å². The number of aliphatic hydroxyl groups excluding tert-OH is 4. The smallest absolute Gasteiger partial charge is 0.341 e. The Kier molecular flexibility index (Phi) is 24.1. The number of allylic oxidation sites excluding steroid dienone is 2. The molecular weight excluding hydrogens is 328 g/mol. The molecule has 0 radical (unpaired) electrons. The van der Waals surface area contributed by atoms with E-state index in [-0.39, 0.29) is 37.7 Å². The van der Waals surface area contributed by atoms with Crippen molar-refractivity contribution in [2.75, 3.05) is 26.4 Å². The van der Waals surface area contributed by atoms with Gasteiger partial charge in [0.2, 0.25) is 0 Å². The van der Waals surface area contributed by atoms with Crippen molar-refractivity contribution in [2.45, 2.75) is 20.0 Å². The van der Waals surface area contributed by atoms with Crippen molar-refractivity contribution >= 4 is 5.97 Å². The molecule has 0 spiro atoms. The van der Waals surface area contributed by atoms with Gasteiger partial charge in [0.25, 0.3) is 0 Å². The quantitative estimate of drug-likeness (QED) is 0.396. The van der Waals surface area contributed by atoms with Crippen LogP contribution >= 0.6 is 0 Å². The second-order valence-corrected chi connectivity index (χ2v) is 4.21. The van der Waals surface area contributed by atoms with Crippen molar-refractivity contribution in [3.8, 4) is 5.75 Å². The monoisotopic (exact) mass is 358 g/mol. The number of hydrogen-bond donors (Lipinski definition) is 5. The van der Waals surface area contributed by atoms with E-state index in [0.29, 0.717) is 0 Å². The summed E-state index contributed by atoms with van der Waals surface area (Å²) < 4.78 is 4.61. The zero-order valence-electron chi connectivity index (χ0n) is 14.8. The molecule has 5 N–H and O–H groups in total. The predicted molar refractivity (Wildman–Crippen MR) is 97.4 cm³/mol. The van der Waals surface area contributed by atoms with E-state index in [4.69, 9.17) is 20.4 Å². The third kappa shape index (κ3) is 19.8. The van der Waals surface area contributed by atoms with Crippen LogP contribution in [0.25, 0.3) is 0 Å². The Hall–Kier alpha value is -2.19. The van der Waals surface area contributed by atoms with Crippen LogP contribution in [0.1, 0.15) is 24.2 Å². The lowest BCUT2D eigenvalue weighted by atomic mass is 10.2. The van der Waals surface area contributed by atoms with Gasteiger partial charge >= 0.3 is 5.97 Å². The number of aliphatic hydroxyl groups is 4. The van der Waals surface area contributed by atoms with E-state index in [9.17, 15) is 9.90 Å². The fourth-order valence-corrected chi connectivity index (χ4v) is 0.920. The number of carbonyl (C=O) groups is 1. The van der Waals surface area contributed by atoms with Crippen LogP contribution in [0.3, 0.4) is 0 Å². The number of phenols is 1. The summed E-state index contributed by atoms with van der Waals surface area (Å²) >= 11 is 0. The van der Waals surface area contributed by atoms with Crippen LogP contribution in [0.4, 0.5) is 0 Å². The first-order valence-corrected chi connectivity index (χ1v) is 7.49. The zero-order chi connectivity index (χ0) is 20.1. The lowest BCUT2D eigenvalue weighted by Crippen LogP contribution is -2.15. The van der Waals surface area contributed by atoms with Gasteiger partial charge in [0.15, 0.2) is 0 Å². The van der Waals surface area contributed by atoms with Crippen molar-refractivity contribution < 1.29 is 35.1 Å². The van der Waals surface area contributed by atoms with Crippen molar-refractivity contribution in [3.05, 3.63) is 55.1 Å². The molecule has 0 heterocycles. The Morgan fingerprint density at radius 2 is 1.56 bits per heavy atom. The summed E-state index contributed by atoms with van der Waals surface area (Å²) in [5, 5.41) is 41.6. The van der Waals surface area contributed by atoms with Crippen molar-refractivity contribution in [1.82, 2.24) is 0 Å². The normalized spacial score (nSPS) is 8.44. The highest BCUT2D eigenvalue weighted by atomic mass is 16.5. The molecule has 0 atom stereocenters. The summed E-state index contributed by atoms with van der Waals surface area (Å²) in [5.74, 6) is -0.752. The molecule has 1 aromatic rings. The first-order valence-electron chi connectivity index (χ1n) is 7.49. The molecule has 25 heavy (non-hydrogen) atoms. The Labute approximate surface area is 149 Å². The molecule has 0 aromatic heterocycles. The maximum Gasteiger partial charge on any atom is 0.341 e. The molecule has 7 heteroatoms. The number of benzene rings is 1. The number of carbonyl (C=O) groups excluding carboxylic acids is 1. The summed E-state index contributed by atoms with van der Waals surface area (Å²) in [5.41, 5.74) is 0.107. The molecule has 0 bridgehead atoms. The van der Waals surface area contributed by atoms with Gasteiger partial charge in [-0.05, 0) is 26.0 Å². The highest BCUT2D eigenvalue weighted by molar-refractivity contribution is 5.92. The van der Waals surface area contributed by atoms with Crippen molar-refractivity contribution in [2.24, 2.45) is 0 Å². The molecule has 0 saturated heterocycles. The van der Waals surface area contributed by atoms with Crippen LogP contribution < -0.4 is 0 Å². The van der Waals surface area contributed by atoms with Crippen LogP contribution in [0.15, 0.2) is 49.6 Å². The summed E-state index contributed by atoms with van der Waals surface area (Å²) in [6.45, 7) is 9.49. The second kappa shape index (κ2) is 21.8. The van der Waals surface area contributed by atoms with Gasteiger partial charge in [-0.1, -0.05) is 24.3 Å². The van der Waals surface area contributed by atoms with Crippen LogP contribution in [0.5, 0.6) is 5.75 Å². The molecule has 1 aromatic carbocycles. The van der Waals surface area contributed by atoms with Gasteiger partial charge in [-0.2, -0.15) is 0 Å². The van der Waals surface area contributed by atoms with E-state index >= 15 is 0 Å². The van der Waals surface area contributed by atoms with Crippen LogP contribution in [0.2, 0.25) is 0 Å². The van der Waals surface area contributed by atoms with Gasteiger partial charge in [-0.25, -0.2) is 4.79 Å². The summed E-state index contributed by atoms with van der Waals surface area (Å²) in [6, 6.07) is 6.08. The van der Waals surface area contributed by atoms with E-state index in [0.717, 1.165) is 0 Å². The number of hydrogen-bond acceptors (Lipinski definition) is 7. The van der Waals surface area contributed by atoms with Crippen molar-refractivity contribution in [1.29, 1.82) is 0 Å². The molecular formula is C18H30O7. The van der Waals surface area contributed by atoms with Gasteiger partial charge in [-0.3, -0.25) is 0 Å². The van der Waals surface area contributed by atoms with Gasteiger partial charge < -0.3 is 30.3 Å². The largest absolute Gasteiger partial charge is 0.507 e. The number of rotatable bonds is 5. The minimum absolute atomic E-state index is 0.0623. The number of aromatic hydroxyl groups is 1. The van der Waals surface area contributed by atoms with Crippen LogP contribution in [0, 0.1) is 0 Å². The molecule has 0 unspecified atom stereocenters. The predicted octanol–water partition coefficient (Wildman–Crippen LogP) is 1.26. The van der Waals surface area contributed by atoms with Gasteiger partial charge in [0.05, 0.1) is 19.8 Å². The van der Waals surface area contributed by atoms with E-state index < -0.39 is 12.1 Å². The maximum absolute atomic E-state index is 11.1. The molecule has 144 valence electrons. The summed E-state index contributed by atoms with van der Waals surface area (Å²) in [7, 11) is 0. The first-order chi connectivity index (χ1) is 11.9. The maximum atomic E-state index is 11.1. The molecule has 1 rings (SSSR count). The van der Waals surface area contributed by atoms with Crippen LogP contribution in [-0.4, -0.2) is 64.0 Å². The molecule has 0 aliphatic carbocycles. The molecule has 0 aliphatic rings. The molecule has 0 fully saturated rings. The third-order valence-electron chi connectivity index (χ3n) is 1.87. The Bertz CT molecular complexity index is 437. The molecule has 0 saturated carbocycles. The topological polar surface area (TPSA) is 127 Å². The van der Waals surface area contributed by atoms with Gasteiger partial charge in [-0.15, -0.1) is 13.2 Å². The number of para-hydroxylation sites is 1. The van der Waals surface area contributed by atoms with E-state index in [1.165, 1.54) is 12.1 Å². The minimum atomic E-state index is -0.954. The van der Waals surface area contributed by atoms with E-state index in [1.54, 1.807) is 24.3 Å². The van der Waals surface area contributed by atoms with Gasteiger partial charge in [0.1, 0.15) is 24.0 Å². The Morgan fingerprint density at radius 1 is 1.12 bits per heavy atom.